The third-order valence-corrected chi connectivity index (χ3v) is 0.854. The number of aromatic nitrogens is 1. The Kier molecular flexibility index (Phi) is 0.424. The highest BCUT2D eigenvalue weighted by molar-refractivity contribution is 5.37. The van der Waals surface area contributed by atoms with E-state index in [-0.39, 0.29) is 0 Å². The van der Waals surface area contributed by atoms with Gasteiger partial charge in [-0.3, -0.25) is 4.98 Å². The third-order valence-electron chi connectivity index (χ3n) is 0.854. The second-order valence-electron chi connectivity index (χ2n) is 1.62. The molecule has 0 fully saturated rings. The molecule has 0 aliphatic rings. The average Bonchev–Trinajstić information content (AvgIpc) is 2.22. The van der Waals surface area contributed by atoms with Crippen LogP contribution >= 0.6 is 0 Å². The fourth-order valence-electron chi connectivity index (χ4n) is 0.453. The van der Waals surface area contributed by atoms with Crippen LogP contribution in [0.15, 0.2) is 18.4 Å². The topological polar surface area (TPSA) is 38.9 Å². The number of hydrogen-bond acceptors (Lipinski definition) is 2. The van der Waals surface area contributed by atoms with Gasteiger partial charge in [0.1, 0.15) is 0 Å². The summed E-state index contributed by atoms with van der Waals surface area (Å²) in [6.07, 6.45) is -1.56. The summed E-state index contributed by atoms with van der Waals surface area (Å²) in [4.78, 5) is 3.30. The average molecular weight is 146 g/mol. The van der Waals surface area contributed by atoms with Crippen LogP contribution in [0.4, 0.5) is 5.69 Å². The minimum Gasteiger partial charge on any atom is -0.397 e. The number of rotatable bonds is 1. The molecule has 0 aliphatic carbocycles. The predicted octanol–water partition coefficient (Wildman–Crippen LogP) is 1.79. The Morgan fingerprint density at radius 1 is 1.80 bits per heavy atom. The van der Waals surface area contributed by atoms with Gasteiger partial charge in [0.05, 0.1) is 9.80 Å². The molecular weight excluding hydrogens is 124 g/mol. The molecule has 2 heteroatoms. The monoisotopic (exact) mass is 146 g/mol. The van der Waals surface area contributed by atoms with Crippen molar-refractivity contribution in [3.8, 4) is 0 Å². The summed E-state index contributed by atoms with van der Waals surface area (Å²) in [6.45, 7) is -6.66. The lowest BCUT2D eigenvalue weighted by Crippen LogP contribution is -1.92. The summed E-state index contributed by atoms with van der Waals surface area (Å²) in [5.41, 5.74) is 3.87. The Labute approximate surface area is 75.1 Å². The third kappa shape index (κ3) is 1.47. The summed E-state index contributed by atoms with van der Waals surface area (Å²) in [7, 11) is 0. The molecule has 0 atom stereocenters. The van der Waals surface area contributed by atoms with Crippen molar-refractivity contribution in [1.82, 2.24) is 4.98 Å². The summed E-state index contributed by atoms with van der Waals surface area (Å²) < 4.78 is 74.2. The van der Waals surface area contributed by atoms with Gasteiger partial charge in [-0.05, 0) is 17.5 Å². The molecule has 2 N–H and O–H groups in total. The van der Waals surface area contributed by atoms with Crippen molar-refractivity contribution in [3.05, 3.63) is 24.0 Å². The Morgan fingerprint density at radius 2 is 2.60 bits per heavy atom. The number of nitrogens with zero attached hydrogens (tertiary/aromatic N) is 1. The van der Waals surface area contributed by atoms with Crippen molar-refractivity contribution < 1.29 is 13.7 Å². The van der Waals surface area contributed by atoms with E-state index in [0.29, 0.717) is 0 Å². The number of hydrogen-bond donors (Lipinski definition) is 1. The van der Waals surface area contributed by atoms with E-state index in [1.807, 2.05) is 0 Å². The van der Waals surface area contributed by atoms with Crippen molar-refractivity contribution in [2.75, 3.05) is 5.73 Å². The van der Waals surface area contributed by atoms with Gasteiger partial charge in [-0.15, -0.1) is 0 Å². The first-order chi connectivity index (χ1) is 8.75. The fraction of sp³-hybridized carbons (Fsp3) is 0.375. The van der Waals surface area contributed by atoms with Crippen molar-refractivity contribution in [1.29, 1.82) is 0 Å². The molecular formula is C8H12N2. The predicted molar refractivity (Wildman–Crippen MR) is 42.7 cm³/mol. The van der Waals surface area contributed by atoms with E-state index >= 15 is 0 Å². The van der Waals surface area contributed by atoms with E-state index in [0.717, 1.165) is 0 Å². The SMILES string of the molecule is [2H]c1nc([2H])c(C([2H])(C([2H])([2H])[2H])C([2H])([2H])[2H])c([2H])c1N. The zero-order valence-electron chi connectivity index (χ0n) is 15.0. The van der Waals surface area contributed by atoms with Crippen molar-refractivity contribution >= 4 is 5.69 Å². The van der Waals surface area contributed by atoms with E-state index < -0.39 is 49.2 Å². The molecule has 1 aromatic rings. The Morgan fingerprint density at radius 3 is 3.30 bits per heavy atom. The Hall–Kier alpha value is -1.05. The van der Waals surface area contributed by atoms with Gasteiger partial charge >= 0.3 is 0 Å². The van der Waals surface area contributed by atoms with Crippen molar-refractivity contribution in [3.63, 3.8) is 0 Å². The molecule has 10 heavy (non-hydrogen) atoms. The molecule has 0 saturated heterocycles. The molecule has 0 aliphatic heterocycles. The molecule has 0 spiro atoms. The highest BCUT2D eigenvalue weighted by Gasteiger charge is 1.97. The first-order valence-electron chi connectivity index (χ1n) is 7.49. The smallest absolute Gasteiger partial charge is 0.0862 e. The van der Waals surface area contributed by atoms with Gasteiger partial charge in [0.15, 0.2) is 0 Å². The van der Waals surface area contributed by atoms with Crippen LogP contribution in [0.1, 0.15) is 38.9 Å². The van der Waals surface area contributed by atoms with Crippen LogP contribution in [0, 0.1) is 0 Å². The molecule has 0 aromatic carbocycles. The molecule has 0 saturated carbocycles. The quantitative estimate of drug-likeness (QED) is 0.656. The van der Waals surface area contributed by atoms with Crippen LogP contribution in [0.3, 0.4) is 0 Å². The first kappa shape index (κ1) is 1.58. The maximum atomic E-state index is 7.89. The van der Waals surface area contributed by atoms with E-state index in [9.17, 15) is 0 Å². The summed E-state index contributed by atoms with van der Waals surface area (Å²) >= 11 is 0. The largest absolute Gasteiger partial charge is 0.397 e. The molecule has 0 amide bonds. The normalized spacial score (nSPS) is 28.4. The van der Waals surface area contributed by atoms with Gasteiger partial charge in [0, 0.05) is 21.9 Å². The Balaban J connectivity index is 3.83. The minimum absolute atomic E-state index is 0.568. The molecule has 0 bridgehead atoms. The molecule has 54 valence electrons. The van der Waals surface area contributed by atoms with Gasteiger partial charge in [-0.2, -0.15) is 0 Å². The fourth-order valence-corrected chi connectivity index (χ4v) is 0.453. The number of anilines is 1. The highest BCUT2D eigenvalue weighted by Crippen LogP contribution is 2.14. The van der Waals surface area contributed by atoms with Gasteiger partial charge in [0.2, 0.25) is 0 Å². The second kappa shape index (κ2) is 2.69. The van der Waals surface area contributed by atoms with Crippen molar-refractivity contribution in [2.45, 2.75) is 19.6 Å². The van der Waals surface area contributed by atoms with Crippen LogP contribution < -0.4 is 5.73 Å². The highest BCUT2D eigenvalue weighted by atomic mass is 14.7. The number of nitrogen functional groups attached to an aromatic ring is 1. The van der Waals surface area contributed by atoms with Gasteiger partial charge in [-0.25, -0.2) is 0 Å². The van der Waals surface area contributed by atoms with E-state index in [2.05, 4.69) is 4.98 Å². The zero-order valence-corrected chi connectivity index (χ0v) is 5.02. The molecule has 1 aromatic heterocycles. The first-order valence-corrected chi connectivity index (χ1v) is 2.49. The second-order valence-corrected chi connectivity index (χ2v) is 1.62. The summed E-state index contributed by atoms with van der Waals surface area (Å²) in [5.74, 6) is -3.22. The van der Waals surface area contributed by atoms with Crippen LogP contribution in [0.25, 0.3) is 0 Å². The number of nitrogens with two attached hydrogens (primary N) is 1. The summed E-state index contributed by atoms with van der Waals surface area (Å²) in [5, 5.41) is 0. The Bertz CT molecular complexity index is 518. The van der Waals surface area contributed by atoms with Crippen LogP contribution in [0.2, 0.25) is 0 Å². The lowest BCUT2D eigenvalue weighted by molar-refractivity contribution is 0.859. The lowest BCUT2D eigenvalue weighted by atomic mass is 10.1. The standard InChI is InChI=1S/C8H12N2/c1-6(2)7-3-8(9)5-10-4-7/h3-6H,9H2,1-2H3/i1D3,2D3,3D,4D,5D,6D. The van der Waals surface area contributed by atoms with Crippen LogP contribution in [-0.2, 0) is 0 Å². The van der Waals surface area contributed by atoms with Crippen LogP contribution in [0.5, 0.6) is 0 Å². The maximum Gasteiger partial charge on any atom is 0.0862 e. The van der Waals surface area contributed by atoms with Crippen LogP contribution in [-0.4, -0.2) is 4.98 Å². The zero-order chi connectivity index (χ0) is 16.1. The van der Waals surface area contributed by atoms with Gasteiger partial charge in [-0.1, -0.05) is 13.7 Å². The number of pyridine rings is 1. The molecule has 2 nitrogen and oxygen atoms in total. The summed E-state index contributed by atoms with van der Waals surface area (Å²) in [6, 6.07) is -0.836. The molecule has 0 radical (unpaired) electrons. The van der Waals surface area contributed by atoms with E-state index in [1.54, 1.807) is 0 Å². The van der Waals surface area contributed by atoms with Gasteiger partial charge < -0.3 is 5.73 Å². The lowest BCUT2D eigenvalue weighted by Gasteiger charge is -2.03. The molecule has 1 rings (SSSR count). The van der Waals surface area contributed by atoms with E-state index in [4.69, 9.17) is 19.4 Å². The van der Waals surface area contributed by atoms with Gasteiger partial charge in [0.25, 0.3) is 0 Å². The molecule has 0 unspecified atom stereocenters. The maximum absolute atomic E-state index is 7.89. The minimum atomic E-state index is -3.33. The van der Waals surface area contributed by atoms with Crippen molar-refractivity contribution in [2.24, 2.45) is 0 Å². The molecule has 1 heterocycles. The van der Waals surface area contributed by atoms with E-state index in [1.165, 1.54) is 0 Å².